The van der Waals surface area contributed by atoms with Crippen LogP contribution in [0.25, 0.3) is 10.9 Å². The van der Waals surface area contributed by atoms with Gasteiger partial charge in [-0.25, -0.2) is 0 Å². The lowest BCUT2D eigenvalue weighted by Crippen LogP contribution is -2.40. The average Bonchev–Trinajstić information content (AvgIpc) is 2.80. The Morgan fingerprint density at radius 1 is 1.30 bits per heavy atom. The third-order valence-corrected chi connectivity index (χ3v) is 3.00. The van der Waals surface area contributed by atoms with E-state index in [-0.39, 0.29) is 24.4 Å². The SMILES string of the molecule is CC(C)NC(=O)CN(C)C(=O)c1c[nH]c2ccccc12. The van der Waals surface area contributed by atoms with E-state index in [0.29, 0.717) is 5.56 Å². The summed E-state index contributed by atoms with van der Waals surface area (Å²) >= 11 is 0. The Labute approximate surface area is 118 Å². The fourth-order valence-corrected chi connectivity index (χ4v) is 2.11. The predicted octanol–water partition coefficient (Wildman–Crippen LogP) is 1.76. The van der Waals surface area contributed by atoms with Gasteiger partial charge in [-0.3, -0.25) is 9.59 Å². The number of hydrogen-bond donors (Lipinski definition) is 2. The summed E-state index contributed by atoms with van der Waals surface area (Å²) < 4.78 is 0. The maximum atomic E-state index is 12.4. The molecule has 0 aliphatic heterocycles. The minimum absolute atomic E-state index is 0.0521. The number of carbonyl (C=O) groups is 2. The first-order chi connectivity index (χ1) is 9.49. The number of H-pyrrole nitrogens is 1. The molecule has 0 unspecified atom stereocenters. The molecular formula is C15H19N3O2. The fraction of sp³-hybridized carbons (Fsp3) is 0.333. The summed E-state index contributed by atoms with van der Waals surface area (Å²) in [5, 5.41) is 3.64. The number of aromatic amines is 1. The van der Waals surface area contributed by atoms with E-state index < -0.39 is 0 Å². The van der Waals surface area contributed by atoms with Crippen molar-refractivity contribution in [2.45, 2.75) is 19.9 Å². The standard InChI is InChI=1S/C15H19N3O2/c1-10(2)17-14(19)9-18(3)15(20)12-8-16-13-7-5-4-6-11(12)13/h4-8,10,16H,9H2,1-3H3,(H,17,19). The van der Waals surface area contributed by atoms with Crippen molar-refractivity contribution in [2.24, 2.45) is 0 Å². The maximum Gasteiger partial charge on any atom is 0.256 e. The van der Waals surface area contributed by atoms with E-state index in [1.165, 1.54) is 4.90 Å². The Morgan fingerprint density at radius 2 is 2.00 bits per heavy atom. The van der Waals surface area contributed by atoms with E-state index in [1.54, 1.807) is 13.2 Å². The van der Waals surface area contributed by atoms with Crippen LogP contribution in [0.4, 0.5) is 0 Å². The number of para-hydroxylation sites is 1. The van der Waals surface area contributed by atoms with Crippen LogP contribution in [-0.2, 0) is 4.79 Å². The number of amides is 2. The smallest absolute Gasteiger partial charge is 0.256 e. The molecule has 2 N–H and O–H groups in total. The van der Waals surface area contributed by atoms with Crippen LogP contribution in [0, 0.1) is 0 Å². The number of likely N-dealkylation sites (N-methyl/N-ethyl adjacent to an activating group) is 1. The molecule has 2 aromatic rings. The van der Waals surface area contributed by atoms with Crippen LogP contribution in [0.1, 0.15) is 24.2 Å². The third kappa shape index (κ3) is 2.99. The summed E-state index contributed by atoms with van der Waals surface area (Å²) in [6, 6.07) is 7.67. The quantitative estimate of drug-likeness (QED) is 0.891. The second-order valence-corrected chi connectivity index (χ2v) is 5.13. The number of benzene rings is 1. The first kappa shape index (κ1) is 14.1. The Morgan fingerprint density at radius 3 is 2.70 bits per heavy atom. The van der Waals surface area contributed by atoms with Crippen molar-refractivity contribution in [1.29, 1.82) is 0 Å². The van der Waals surface area contributed by atoms with E-state index in [4.69, 9.17) is 0 Å². The van der Waals surface area contributed by atoms with E-state index in [0.717, 1.165) is 10.9 Å². The zero-order valence-electron chi connectivity index (χ0n) is 11.9. The van der Waals surface area contributed by atoms with Gasteiger partial charge in [0.1, 0.15) is 0 Å². The van der Waals surface area contributed by atoms with Gasteiger partial charge in [-0.05, 0) is 19.9 Å². The van der Waals surface area contributed by atoms with E-state index in [1.807, 2.05) is 38.1 Å². The van der Waals surface area contributed by atoms with Gasteiger partial charge in [0, 0.05) is 30.2 Å². The van der Waals surface area contributed by atoms with Gasteiger partial charge in [0.05, 0.1) is 12.1 Å². The summed E-state index contributed by atoms with van der Waals surface area (Å²) in [5.74, 6) is -0.322. The summed E-state index contributed by atoms with van der Waals surface area (Å²) in [4.78, 5) is 28.5. The van der Waals surface area contributed by atoms with Crippen molar-refractivity contribution in [2.75, 3.05) is 13.6 Å². The van der Waals surface area contributed by atoms with Crippen LogP contribution in [0.5, 0.6) is 0 Å². The molecule has 0 aliphatic rings. The highest BCUT2D eigenvalue weighted by Crippen LogP contribution is 2.18. The summed E-state index contributed by atoms with van der Waals surface area (Å²) in [7, 11) is 1.63. The maximum absolute atomic E-state index is 12.4. The molecule has 0 bridgehead atoms. The third-order valence-electron chi connectivity index (χ3n) is 3.00. The Hall–Kier alpha value is -2.30. The van der Waals surface area contributed by atoms with Crippen LogP contribution >= 0.6 is 0 Å². The molecule has 0 aliphatic carbocycles. The molecule has 5 heteroatoms. The normalized spacial score (nSPS) is 10.8. The van der Waals surface area contributed by atoms with Crippen LogP contribution in [0.15, 0.2) is 30.5 Å². The molecule has 2 rings (SSSR count). The Bertz CT molecular complexity index is 631. The first-order valence-corrected chi connectivity index (χ1v) is 6.60. The lowest BCUT2D eigenvalue weighted by molar-refractivity contribution is -0.122. The highest BCUT2D eigenvalue weighted by atomic mass is 16.2. The number of nitrogens with zero attached hydrogens (tertiary/aromatic N) is 1. The van der Waals surface area contributed by atoms with Gasteiger partial charge in [0.2, 0.25) is 5.91 Å². The van der Waals surface area contributed by atoms with E-state index in [2.05, 4.69) is 10.3 Å². The highest BCUT2D eigenvalue weighted by Gasteiger charge is 2.18. The zero-order chi connectivity index (χ0) is 14.7. The molecule has 0 radical (unpaired) electrons. The number of hydrogen-bond acceptors (Lipinski definition) is 2. The summed E-state index contributed by atoms with van der Waals surface area (Å²) in [5.41, 5.74) is 1.50. The average molecular weight is 273 g/mol. The summed E-state index contributed by atoms with van der Waals surface area (Å²) in [6.45, 7) is 3.83. The number of rotatable bonds is 4. The van der Waals surface area contributed by atoms with Gasteiger partial charge >= 0.3 is 0 Å². The Kier molecular flexibility index (Phi) is 4.08. The topological polar surface area (TPSA) is 65.2 Å². The molecule has 2 amide bonds. The van der Waals surface area contributed by atoms with Crippen molar-refractivity contribution < 1.29 is 9.59 Å². The number of aromatic nitrogens is 1. The predicted molar refractivity (Wildman–Crippen MR) is 78.5 cm³/mol. The van der Waals surface area contributed by atoms with Crippen LogP contribution in [0.3, 0.4) is 0 Å². The highest BCUT2D eigenvalue weighted by molar-refractivity contribution is 6.07. The fourth-order valence-electron chi connectivity index (χ4n) is 2.11. The summed E-state index contributed by atoms with van der Waals surface area (Å²) in [6.07, 6.45) is 1.68. The van der Waals surface area contributed by atoms with Crippen LogP contribution in [-0.4, -0.2) is 41.3 Å². The van der Waals surface area contributed by atoms with E-state index in [9.17, 15) is 9.59 Å². The largest absolute Gasteiger partial charge is 0.360 e. The molecular weight excluding hydrogens is 254 g/mol. The second kappa shape index (κ2) is 5.77. The molecule has 1 heterocycles. The van der Waals surface area contributed by atoms with Crippen molar-refractivity contribution in [1.82, 2.24) is 15.2 Å². The van der Waals surface area contributed by atoms with Gasteiger partial charge < -0.3 is 15.2 Å². The van der Waals surface area contributed by atoms with E-state index >= 15 is 0 Å². The van der Waals surface area contributed by atoms with Gasteiger partial charge in [-0.2, -0.15) is 0 Å². The van der Waals surface area contributed by atoms with Crippen molar-refractivity contribution in [3.8, 4) is 0 Å². The van der Waals surface area contributed by atoms with Crippen molar-refractivity contribution >= 4 is 22.7 Å². The van der Waals surface area contributed by atoms with Gasteiger partial charge in [-0.15, -0.1) is 0 Å². The first-order valence-electron chi connectivity index (χ1n) is 6.60. The number of carbonyl (C=O) groups excluding carboxylic acids is 2. The molecule has 1 aromatic heterocycles. The minimum Gasteiger partial charge on any atom is -0.360 e. The molecule has 106 valence electrons. The van der Waals surface area contributed by atoms with Crippen molar-refractivity contribution in [3.05, 3.63) is 36.0 Å². The van der Waals surface area contributed by atoms with Gasteiger partial charge in [0.15, 0.2) is 0 Å². The lowest BCUT2D eigenvalue weighted by Gasteiger charge is -2.17. The van der Waals surface area contributed by atoms with Crippen molar-refractivity contribution in [3.63, 3.8) is 0 Å². The molecule has 20 heavy (non-hydrogen) atoms. The Balaban J connectivity index is 2.13. The molecule has 0 saturated heterocycles. The van der Waals surface area contributed by atoms with Gasteiger partial charge in [-0.1, -0.05) is 18.2 Å². The molecule has 0 spiro atoms. The molecule has 0 atom stereocenters. The molecule has 0 fully saturated rings. The van der Waals surface area contributed by atoms with Gasteiger partial charge in [0.25, 0.3) is 5.91 Å². The lowest BCUT2D eigenvalue weighted by atomic mass is 10.1. The number of fused-ring (bicyclic) bond motifs is 1. The molecule has 1 aromatic carbocycles. The molecule has 5 nitrogen and oxygen atoms in total. The monoisotopic (exact) mass is 273 g/mol. The second-order valence-electron chi connectivity index (χ2n) is 5.13. The number of nitrogens with one attached hydrogen (secondary N) is 2. The van der Waals surface area contributed by atoms with Crippen LogP contribution < -0.4 is 5.32 Å². The zero-order valence-corrected chi connectivity index (χ0v) is 11.9. The minimum atomic E-state index is -0.165. The molecule has 0 saturated carbocycles. The van der Waals surface area contributed by atoms with Crippen LogP contribution in [0.2, 0.25) is 0 Å².